The van der Waals surface area contributed by atoms with E-state index in [4.69, 9.17) is 9.47 Å². The number of halogens is 6. The molecular weight excluding hydrogens is 338 g/mol. The Morgan fingerprint density at radius 2 is 1.62 bits per heavy atom. The standard InChI is InChI=1S/C16H26F6O2/c1-6-8-9-11(3)24-10-12(14(4,7-2)23-5)15(18,19)13(17)16(20,21)22/h8-9,11-13H,6-7,10H2,1-5H3. The van der Waals surface area contributed by atoms with Gasteiger partial charge in [0.05, 0.1) is 24.2 Å². The first-order chi connectivity index (χ1) is 10.9. The fourth-order valence-corrected chi connectivity index (χ4v) is 2.25. The molecule has 0 aliphatic carbocycles. The number of rotatable bonds is 10. The SMILES string of the molecule is CCC=CC(C)OCC(C(C)(CC)OC)C(F)(F)C(F)C(F)(F)F. The van der Waals surface area contributed by atoms with Crippen molar-refractivity contribution in [3.8, 4) is 0 Å². The van der Waals surface area contributed by atoms with E-state index in [-0.39, 0.29) is 6.42 Å². The molecule has 0 fully saturated rings. The molecule has 0 bridgehead atoms. The smallest absolute Gasteiger partial charge is 0.378 e. The van der Waals surface area contributed by atoms with E-state index in [1.807, 2.05) is 6.92 Å². The van der Waals surface area contributed by atoms with Crippen molar-refractivity contribution in [1.82, 2.24) is 0 Å². The lowest BCUT2D eigenvalue weighted by atomic mass is 9.80. The third kappa shape index (κ3) is 5.95. The third-order valence-electron chi connectivity index (χ3n) is 4.16. The lowest BCUT2D eigenvalue weighted by Gasteiger charge is -2.41. The first-order valence-corrected chi connectivity index (χ1v) is 7.78. The minimum Gasteiger partial charge on any atom is -0.378 e. The van der Waals surface area contributed by atoms with Crippen molar-refractivity contribution < 1.29 is 35.8 Å². The predicted octanol–water partition coefficient (Wildman–Crippen LogP) is 5.32. The molecule has 4 unspecified atom stereocenters. The molecule has 2 nitrogen and oxygen atoms in total. The molecule has 0 aromatic carbocycles. The fourth-order valence-electron chi connectivity index (χ4n) is 2.25. The molecule has 0 N–H and O–H groups in total. The molecule has 0 amide bonds. The van der Waals surface area contributed by atoms with Crippen LogP contribution in [0.5, 0.6) is 0 Å². The van der Waals surface area contributed by atoms with Crippen LogP contribution in [0.15, 0.2) is 12.2 Å². The summed E-state index contributed by atoms with van der Waals surface area (Å²) < 4.78 is 89.8. The van der Waals surface area contributed by atoms with Crippen molar-refractivity contribution in [2.45, 2.75) is 70.5 Å². The van der Waals surface area contributed by atoms with Gasteiger partial charge in [-0.2, -0.15) is 13.2 Å². The molecule has 144 valence electrons. The summed E-state index contributed by atoms with van der Waals surface area (Å²) in [7, 11) is 1.10. The van der Waals surface area contributed by atoms with Crippen LogP contribution >= 0.6 is 0 Å². The van der Waals surface area contributed by atoms with Crippen LogP contribution in [-0.4, -0.2) is 43.7 Å². The number of ether oxygens (including phenoxy) is 2. The van der Waals surface area contributed by atoms with E-state index >= 15 is 0 Å². The summed E-state index contributed by atoms with van der Waals surface area (Å²) in [5.74, 6) is -6.79. The molecule has 0 aliphatic rings. The monoisotopic (exact) mass is 364 g/mol. The number of hydrogen-bond donors (Lipinski definition) is 0. The molecule has 0 spiro atoms. The highest BCUT2D eigenvalue weighted by Crippen LogP contribution is 2.45. The van der Waals surface area contributed by atoms with Crippen LogP contribution < -0.4 is 0 Å². The van der Waals surface area contributed by atoms with E-state index < -0.39 is 42.5 Å². The molecule has 0 saturated carbocycles. The van der Waals surface area contributed by atoms with E-state index in [0.717, 1.165) is 7.11 Å². The van der Waals surface area contributed by atoms with Crippen molar-refractivity contribution in [1.29, 1.82) is 0 Å². The predicted molar refractivity (Wildman–Crippen MR) is 79.9 cm³/mol. The third-order valence-corrected chi connectivity index (χ3v) is 4.16. The Hall–Kier alpha value is -0.760. The van der Waals surface area contributed by atoms with Gasteiger partial charge in [0, 0.05) is 7.11 Å². The van der Waals surface area contributed by atoms with Crippen LogP contribution in [0.2, 0.25) is 0 Å². The molecule has 0 saturated heterocycles. The van der Waals surface area contributed by atoms with Gasteiger partial charge < -0.3 is 9.47 Å². The number of hydrogen-bond acceptors (Lipinski definition) is 2. The lowest BCUT2D eigenvalue weighted by Crippen LogP contribution is -2.56. The molecule has 4 atom stereocenters. The second-order valence-electron chi connectivity index (χ2n) is 5.88. The van der Waals surface area contributed by atoms with Crippen molar-refractivity contribution in [2.24, 2.45) is 5.92 Å². The second kappa shape index (κ2) is 9.08. The molecule has 8 heteroatoms. The van der Waals surface area contributed by atoms with Crippen molar-refractivity contribution in [3.63, 3.8) is 0 Å². The van der Waals surface area contributed by atoms with E-state index in [9.17, 15) is 26.3 Å². The van der Waals surface area contributed by atoms with Crippen LogP contribution in [-0.2, 0) is 9.47 Å². The van der Waals surface area contributed by atoms with Gasteiger partial charge in [-0.3, -0.25) is 0 Å². The van der Waals surface area contributed by atoms with Crippen molar-refractivity contribution >= 4 is 0 Å². The number of methoxy groups -OCH3 is 1. The molecule has 0 aromatic rings. The lowest BCUT2D eigenvalue weighted by molar-refractivity contribution is -0.282. The minimum absolute atomic E-state index is 0.0309. The summed E-state index contributed by atoms with van der Waals surface area (Å²) >= 11 is 0. The Morgan fingerprint density at radius 1 is 1.08 bits per heavy atom. The van der Waals surface area contributed by atoms with Crippen LogP contribution in [0.1, 0.15) is 40.5 Å². The highest BCUT2D eigenvalue weighted by molar-refractivity contribution is 4.98. The van der Waals surface area contributed by atoms with E-state index in [2.05, 4.69) is 0 Å². The van der Waals surface area contributed by atoms with E-state index in [1.165, 1.54) is 13.8 Å². The van der Waals surface area contributed by atoms with Gasteiger partial charge in [0.2, 0.25) is 0 Å². The highest BCUT2D eigenvalue weighted by Gasteiger charge is 2.64. The fraction of sp³-hybridized carbons (Fsp3) is 0.875. The summed E-state index contributed by atoms with van der Waals surface area (Å²) in [6, 6.07) is 0. The second-order valence-corrected chi connectivity index (χ2v) is 5.88. The van der Waals surface area contributed by atoms with Crippen LogP contribution in [0.4, 0.5) is 26.3 Å². The summed E-state index contributed by atoms with van der Waals surface area (Å²) in [6.45, 7) is 5.36. The van der Waals surface area contributed by atoms with Crippen molar-refractivity contribution in [3.05, 3.63) is 12.2 Å². The Kier molecular flexibility index (Phi) is 8.79. The highest BCUT2D eigenvalue weighted by atomic mass is 19.4. The average molecular weight is 364 g/mol. The molecule has 0 rings (SSSR count). The number of allylic oxidation sites excluding steroid dienone is 1. The first kappa shape index (κ1) is 23.2. The zero-order chi connectivity index (χ0) is 19.2. The Morgan fingerprint density at radius 3 is 2.00 bits per heavy atom. The molecule has 0 aromatic heterocycles. The molecule has 0 aliphatic heterocycles. The Bertz CT molecular complexity index is 391. The van der Waals surface area contributed by atoms with Crippen LogP contribution in [0, 0.1) is 5.92 Å². The van der Waals surface area contributed by atoms with Gasteiger partial charge in [-0.1, -0.05) is 26.0 Å². The van der Waals surface area contributed by atoms with Gasteiger partial charge in [0.1, 0.15) is 0 Å². The van der Waals surface area contributed by atoms with Gasteiger partial charge in [0.25, 0.3) is 12.1 Å². The molecule has 0 radical (unpaired) electrons. The van der Waals surface area contributed by atoms with E-state index in [0.29, 0.717) is 6.42 Å². The maximum atomic E-state index is 14.3. The zero-order valence-corrected chi connectivity index (χ0v) is 14.6. The average Bonchev–Trinajstić information content (AvgIpc) is 2.50. The molecule has 24 heavy (non-hydrogen) atoms. The maximum absolute atomic E-state index is 14.3. The Balaban J connectivity index is 5.53. The van der Waals surface area contributed by atoms with E-state index in [1.54, 1.807) is 19.1 Å². The summed E-state index contributed by atoms with van der Waals surface area (Å²) in [6.07, 6.45) is -6.55. The largest absolute Gasteiger partial charge is 0.425 e. The summed E-state index contributed by atoms with van der Waals surface area (Å²) in [4.78, 5) is 0. The van der Waals surface area contributed by atoms with Crippen LogP contribution in [0.3, 0.4) is 0 Å². The normalized spacial score (nSPS) is 20.0. The summed E-state index contributed by atoms with van der Waals surface area (Å²) in [5.41, 5.74) is -1.67. The maximum Gasteiger partial charge on any atom is 0.425 e. The van der Waals surface area contributed by atoms with Crippen LogP contribution in [0.25, 0.3) is 0 Å². The topological polar surface area (TPSA) is 18.5 Å². The first-order valence-electron chi connectivity index (χ1n) is 7.78. The Labute approximate surface area is 139 Å². The van der Waals surface area contributed by atoms with Crippen molar-refractivity contribution in [2.75, 3.05) is 13.7 Å². The minimum atomic E-state index is -5.67. The molecular formula is C16H26F6O2. The quantitative estimate of drug-likeness (QED) is 0.386. The van der Waals surface area contributed by atoms with Gasteiger partial charge in [-0.05, 0) is 26.7 Å². The van der Waals surface area contributed by atoms with Gasteiger partial charge in [0.15, 0.2) is 0 Å². The van der Waals surface area contributed by atoms with Gasteiger partial charge in [-0.15, -0.1) is 0 Å². The number of alkyl halides is 6. The van der Waals surface area contributed by atoms with Gasteiger partial charge in [-0.25, -0.2) is 13.2 Å². The molecule has 0 heterocycles. The summed E-state index contributed by atoms with van der Waals surface area (Å²) in [5, 5.41) is 0. The zero-order valence-electron chi connectivity index (χ0n) is 14.6. The van der Waals surface area contributed by atoms with Gasteiger partial charge >= 0.3 is 6.18 Å².